The van der Waals surface area contributed by atoms with E-state index in [0.717, 1.165) is 114 Å². The highest BCUT2D eigenvalue weighted by atomic mass is 33.1. The molecule has 0 bridgehead atoms. The second kappa shape index (κ2) is 33.6. The molecule has 0 fully saturated rings. The molecule has 2 aromatic rings. The van der Waals surface area contributed by atoms with Crippen molar-refractivity contribution in [3.05, 3.63) is 35.4 Å². The van der Waals surface area contributed by atoms with Crippen molar-refractivity contribution in [2.75, 3.05) is 131 Å². The first kappa shape index (κ1) is 57.2. The van der Waals surface area contributed by atoms with Crippen LogP contribution in [-0.4, -0.2) is 172 Å². The van der Waals surface area contributed by atoms with Crippen molar-refractivity contribution in [3.8, 4) is 23.0 Å². The molecule has 0 spiro atoms. The smallest absolute Gasteiger partial charge is 0.255 e. The summed E-state index contributed by atoms with van der Waals surface area (Å²) in [5, 5.41) is 0. The largest absolute Gasteiger partial charge is 0.490 e. The van der Waals surface area contributed by atoms with E-state index in [1.807, 2.05) is 61.8 Å². The van der Waals surface area contributed by atoms with Gasteiger partial charge in [-0.1, -0.05) is 77.0 Å². The average molecular weight is 933 g/mol. The van der Waals surface area contributed by atoms with E-state index in [9.17, 15) is 0 Å². The van der Waals surface area contributed by atoms with Gasteiger partial charge in [0.25, 0.3) is 11.8 Å². The Hall–Kier alpha value is -2.88. The fraction of sp³-hybridized carbons (Fsp3) is 0.720. The lowest BCUT2D eigenvalue weighted by Crippen LogP contribution is -2.37. The maximum Gasteiger partial charge on any atom is 0.255 e. The Morgan fingerprint density at radius 1 is 0.375 bits per heavy atom. The van der Waals surface area contributed by atoms with Crippen molar-refractivity contribution in [2.24, 2.45) is 0 Å². The van der Waals surface area contributed by atoms with Gasteiger partial charge in [-0.2, -0.15) is 0 Å². The van der Waals surface area contributed by atoms with Gasteiger partial charge in [-0.25, -0.2) is 0 Å². The minimum Gasteiger partial charge on any atom is -0.490 e. The molecule has 0 aliphatic carbocycles. The maximum absolute atomic E-state index is 15.0. The SMILES string of the molecule is CCOc1cc(SSc2cc(OCC)c(OCC)cc2C(=O)N(CCCN(CC)CC)CCCN(CC)CC)c(C(=O)N(CCCN(CC)CC)CCCN(CC)CC)cc1OCC. The molecule has 0 saturated carbocycles. The van der Waals surface area contributed by atoms with E-state index in [-0.39, 0.29) is 11.8 Å². The molecule has 0 aliphatic heterocycles. The van der Waals surface area contributed by atoms with Crippen molar-refractivity contribution in [1.82, 2.24) is 29.4 Å². The summed E-state index contributed by atoms with van der Waals surface area (Å²) in [4.78, 5) is 45.2. The van der Waals surface area contributed by atoms with Crippen LogP contribution in [0.3, 0.4) is 0 Å². The van der Waals surface area contributed by atoms with E-state index in [2.05, 4.69) is 75.0 Å². The normalized spacial score (nSPS) is 11.6. The number of ether oxygens (including phenoxy) is 4. The molecule has 12 nitrogen and oxygen atoms in total. The predicted molar refractivity (Wildman–Crippen MR) is 271 cm³/mol. The van der Waals surface area contributed by atoms with E-state index in [1.165, 1.54) is 21.6 Å². The Balaban J connectivity index is 2.74. The molecule has 366 valence electrons. The number of nitrogens with zero attached hydrogens (tertiary/aromatic N) is 6. The third kappa shape index (κ3) is 19.1. The minimum atomic E-state index is -0.0308. The van der Waals surface area contributed by atoms with Gasteiger partial charge >= 0.3 is 0 Å². The monoisotopic (exact) mass is 933 g/mol. The third-order valence-corrected chi connectivity index (χ3v) is 14.2. The molecule has 64 heavy (non-hydrogen) atoms. The van der Waals surface area contributed by atoms with Crippen LogP contribution in [0.4, 0.5) is 0 Å². The summed E-state index contributed by atoms with van der Waals surface area (Å²) >= 11 is 0. The summed E-state index contributed by atoms with van der Waals surface area (Å²) in [5.41, 5.74) is 1.13. The van der Waals surface area contributed by atoms with Crippen molar-refractivity contribution in [3.63, 3.8) is 0 Å². The van der Waals surface area contributed by atoms with Crippen LogP contribution in [0.15, 0.2) is 34.1 Å². The Kier molecular flexibility index (Phi) is 30.0. The van der Waals surface area contributed by atoms with Crippen molar-refractivity contribution >= 4 is 33.4 Å². The molecule has 2 aromatic carbocycles. The van der Waals surface area contributed by atoms with Crippen molar-refractivity contribution < 1.29 is 28.5 Å². The zero-order chi connectivity index (χ0) is 47.3. The lowest BCUT2D eigenvalue weighted by Gasteiger charge is -2.28. The molecular formula is C50H88N6O6S2. The summed E-state index contributed by atoms with van der Waals surface area (Å²) in [6, 6.07) is 7.61. The zero-order valence-corrected chi connectivity index (χ0v) is 43.9. The second-order valence-electron chi connectivity index (χ2n) is 15.6. The minimum absolute atomic E-state index is 0.0308. The van der Waals surface area contributed by atoms with Crippen molar-refractivity contribution in [1.29, 1.82) is 0 Å². The topological polar surface area (TPSA) is 90.5 Å². The third-order valence-electron chi connectivity index (χ3n) is 11.7. The van der Waals surface area contributed by atoms with Crippen LogP contribution < -0.4 is 18.9 Å². The molecule has 0 atom stereocenters. The molecule has 0 aromatic heterocycles. The van der Waals surface area contributed by atoms with E-state index >= 15 is 9.59 Å². The maximum atomic E-state index is 15.0. The number of rotatable bonds is 37. The van der Waals surface area contributed by atoms with Gasteiger partial charge in [0.05, 0.1) is 37.6 Å². The van der Waals surface area contributed by atoms with Gasteiger partial charge < -0.3 is 48.3 Å². The van der Waals surface area contributed by atoms with Gasteiger partial charge in [-0.05, 0) is 156 Å². The summed E-state index contributed by atoms with van der Waals surface area (Å²) in [5.74, 6) is 2.21. The van der Waals surface area contributed by atoms with Crippen LogP contribution in [0.2, 0.25) is 0 Å². The molecule has 2 amide bonds. The highest BCUT2D eigenvalue weighted by molar-refractivity contribution is 8.76. The van der Waals surface area contributed by atoms with E-state index in [4.69, 9.17) is 18.9 Å². The number of benzene rings is 2. The first-order valence-electron chi connectivity index (χ1n) is 24.8. The average Bonchev–Trinajstić information content (AvgIpc) is 3.31. The van der Waals surface area contributed by atoms with Gasteiger partial charge in [0.1, 0.15) is 0 Å². The lowest BCUT2D eigenvalue weighted by atomic mass is 10.1. The van der Waals surface area contributed by atoms with Crippen LogP contribution in [0.5, 0.6) is 23.0 Å². The highest BCUT2D eigenvalue weighted by Crippen LogP contribution is 2.47. The van der Waals surface area contributed by atoms with Crippen LogP contribution in [0.25, 0.3) is 0 Å². The zero-order valence-electron chi connectivity index (χ0n) is 42.2. The highest BCUT2D eigenvalue weighted by Gasteiger charge is 2.27. The van der Waals surface area contributed by atoms with Gasteiger partial charge in [0, 0.05) is 36.0 Å². The van der Waals surface area contributed by atoms with Gasteiger partial charge in [-0.3, -0.25) is 9.59 Å². The molecule has 0 unspecified atom stereocenters. The van der Waals surface area contributed by atoms with Gasteiger partial charge in [0.2, 0.25) is 0 Å². The summed E-state index contributed by atoms with van der Waals surface area (Å²) in [6.07, 6.45) is 3.51. The molecule has 0 radical (unpaired) electrons. The van der Waals surface area contributed by atoms with Gasteiger partial charge in [0.15, 0.2) is 23.0 Å². The van der Waals surface area contributed by atoms with Crippen molar-refractivity contribution in [2.45, 2.75) is 119 Å². The molecule has 14 heteroatoms. The van der Waals surface area contributed by atoms with E-state index in [1.54, 1.807) is 0 Å². The summed E-state index contributed by atoms with van der Waals surface area (Å²) < 4.78 is 24.6. The molecular weight excluding hydrogens is 845 g/mol. The van der Waals surface area contributed by atoms with E-state index < -0.39 is 0 Å². The number of hydrogen-bond donors (Lipinski definition) is 0. The standard InChI is InChI=1S/C50H88N6O6S2/c1-13-51(14-2)29-25-33-55(34-26-30-52(15-3)16-4)49(57)41-37-43(59-21-9)45(61-23-11)39-47(41)63-64-48-40-46(62-24-12)44(60-22-10)38-42(48)50(58)56(35-27-31-53(17-5)18-6)36-28-32-54(19-7)20-8/h37-40H,13-36H2,1-12H3. The van der Waals surface area contributed by atoms with Crippen LogP contribution in [0, 0.1) is 0 Å². The Morgan fingerprint density at radius 3 is 0.828 bits per heavy atom. The molecule has 0 saturated heterocycles. The van der Waals surface area contributed by atoms with Gasteiger partial charge in [-0.15, -0.1) is 0 Å². The van der Waals surface area contributed by atoms with Crippen LogP contribution >= 0.6 is 21.6 Å². The second-order valence-corrected chi connectivity index (χ2v) is 17.8. The molecule has 0 aliphatic rings. The molecule has 0 heterocycles. The molecule has 0 N–H and O–H groups in total. The Bertz CT molecular complexity index is 1440. The van der Waals surface area contributed by atoms with Crippen LogP contribution in [0.1, 0.15) is 129 Å². The first-order valence-corrected chi connectivity index (χ1v) is 26.9. The fourth-order valence-corrected chi connectivity index (χ4v) is 10.1. The summed E-state index contributed by atoms with van der Waals surface area (Å²) in [6.45, 7) is 41.2. The lowest BCUT2D eigenvalue weighted by molar-refractivity contribution is 0.0729. The fourth-order valence-electron chi connectivity index (χ4n) is 7.79. The quantitative estimate of drug-likeness (QED) is 0.0605. The Morgan fingerprint density at radius 2 is 0.609 bits per heavy atom. The number of hydrogen-bond acceptors (Lipinski definition) is 12. The van der Waals surface area contributed by atoms with Crippen LogP contribution in [-0.2, 0) is 0 Å². The number of amides is 2. The summed E-state index contributed by atoms with van der Waals surface area (Å²) in [7, 11) is 2.93. The van der Waals surface area contributed by atoms with E-state index in [0.29, 0.717) is 86.7 Å². The number of carbonyl (C=O) groups is 2. The molecule has 2 rings (SSSR count). The predicted octanol–water partition coefficient (Wildman–Crippen LogP) is 9.89. The first-order chi connectivity index (χ1) is 31.1. The number of carbonyl (C=O) groups excluding carboxylic acids is 2. The Labute approximate surface area is 397 Å².